The summed E-state index contributed by atoms with van der Waals surface area (Å²) in [5.41, 5.74) is 9.84. The number of benzene rings is 3. The van der Waals surface area contributed by atoms with Crippen molar-refractivity contribution >= 4 is 29.0 Å². The Morgan fingerprint density at radius 2 is 1.54 bits per heavy atom. The fourth-order valence-electron chi connectivity index (χ4n) is 2.35. The van der Waals surface area contributed by atoms with Gasteiger partial charge in [0.15, 0.2) is 0 Å². The molecule has 3 nitrogen and oxygen atoms in total. The summed E-state index contributed by atoms with van der Waals surface area (Å²) in [6.45, 7) is 0. The number of rotatable bonds is 5. The van der Waals surface area contributed by atoms with Crippen molar-refractivity contribution in [3.8, 4) is 11.1 Å². The fraction of sp³-hybridized carbons (Fsp3) is 0.0500. The van der Waals surface area contributed by atoms with Crippen LogP contribution in [0.1, 0.15) is 0 Å². The number of hydrogen-bond donors (Lipinski definition) is 2. The quantitative estimate of drug-likeness (QED) is 0.527. The van der Waals surface area contributed by atoms with Gasteiger partial charge in [-0.2, -0.15) is 0 Å². The van der Waals surface area contributed by atoms with E-state index in [0.717, 1.165) is 21.7 Å². The molecule has 0 saturated heterocycles. The number of nitrogens with one attached hydrogen (secondary N) is 1. The van der Waals surface area contributed by atoms with E-state index in [-0.39, 0.29) is 5.91 Å². The minimum absolute atomic E-state index is 0.0438. The van der Waals surface area contributed by atoms with E-state index in [9.17, 15) is 4.79 Å². The van der Waals surface area contributed by atoms with Crippen molar-refractivity contribution in [1.82, 2.24) is 0 Å². The predicted octanol–water partition coefficient (Wildman–Crippen LogP) is 4.67. The Morgan fingerprint density at radius 3 is 2.21 bits per heavy atom. The highest BCUT2D eigenvalue weighted by Gasteiger charge is 2.07. The van der Waals surface area contributed by atoms with Crippen LogP contribution in [0.2, 0.25) is 0 Å². The molecule has 0 heterocycles. The molecule has 24 heavy (non-hydrogen) atoms. The molecule has 0 unspecified atom stereocenters. The lowest BCUT2D eigenvalue weighted by molar-refractivity contribution is -0.113. The van der Waals surface area contributed by atoms with E-state index in [1.165, 1.54) is 11.8 Å². The first-order chi connectivity index (χ1) is 11.7. The van der Waals surface area contributed by atoms with Crippen LogP contribution in [0.25, 0.3) is 11.1 Å². The smallest absolute Gasteiger partial charge is 0.234 e. The SMILES string of the molecule is Nc1cc(-c2ccccc2)ccc1SCC(=O)Nc1ccccc1. The molecule has 0 spiro atoms. The number of nitrogen functional groups attached to an aromatic ring is 1. The monoisotopic (exact) mass is 334 g/mol. The summed E-state index contributed by atoms with van der Waals surface area (Å²) in [5.74, 6) is 0.279. The van der Waals surface area contributed by atoms with E-state index >= 15 is 0 Å². The lowest BCUT2D eigenvalue weighted by Gasteiger charge is -2.09. The van der Waals surface area contributed by atoms with Gasteiger partial charge in [0, 0.05) is 16.3 Å². The number of amides is 1. The Bertz CT molecular complexity index is 820. The molecule has 3 rings (SSSR count). The van der Waals surface area contributed by atoms with Gasteiger partial charge >= 0.3 is 0 Å². The molecule has 120 valence electrons. The Balaban J connectivity index is 1.62. The molecule has 0 aliphatic heterocycles. The lowest BCUT2D eigenvalue weighted by Crippen LogP contribution is -2.13. The second kappa shape index (κ2) is 7.70. The number of para-hydroxylation sites is 1. The van der Waals surface area contributed by atoms with Gasteiger partial charge in [0.1, 0.15) is 0 Å². The zero-order valence-corrected chi connectivity index (χ0v) is 13.9. The van der Waals surface area contributed by atoms with Crippen molar-refractivity contribution in [2.75, 3.05) is 16.8 Å². The number of nitrogens with two attached hydrogens (primary N) is 1. The topological polar surface area (TPSA) is 55.1 Å². The van der Waals surface area contributed by atoms with Crippen LogP contribution in [-0.4, -0.2) is 11.7 Å². The molecule has 0 bridgehead atoms. The van der Waals surface area contributed by atoms with Gasteiger partial charge in [0.2, 0.25) is 5.91 Å². The third-order valence-corrected chi connectivity index (χ3v) is 4.62. The largest absolute Gasteiger partial charge is 0.398 e. The normalized spacial score (nSPS) is 10.3. The summed E-state index contributed by atoms with van der Waals surface area (Å²) >= 11 is 1.44. The lowest BCUT2D eigenvalue weighted by atomic mass is 10.1. The predicted molar refractivity (Wildman–Crippen MR) is 102 cm³/mol. The summed E-state index contributed by atoms with van der Waals surface area (Å²) in [6, 6.07) is 25.5. The molecular formula is C20H18N2OS. The maximum atomic E-state index is 12.0. The van der Waals surface area contributed by atoms with Crippen LogP contribution in [0.5, 0.6) is 0 Å². The third kappa shape index (κ3) is 4.18. The van der Waals surface area contributed by atoms with E-state index in [0.29, 0.717) is 11.4 Å². The van der Waals surface area contributed by atoms with Crippen molar-refractivity contribution in [3.05, 3.63) is 78.9 Å². The van der Waals surface area contributed by atoms with E-state index in [1.54, 1.807) is 0 Å². The van der Waals surface area contributed by atoms with Gasteiger partial charge in [-0.1, -0.05) is 54.6 Å². The van der Waals surface area contributed by atoms with Gasteiger partial charge in [-0.15, -0.1) is 11.8 Å². The van der Waals surface area contributed by atoms with Crippen LogP contribution < -0.4 is 11.1 Å². The highest BCUT2D eigenvalue weighted by atomic mass is 32.2. The number of hydrogen-bond acceptors (Lipinski definition) is 3. The van der Waals surface area contributed by atoms with Crippen LogP contribution in [0.4, 0.5) is 11.4 Å². The van der Waals surface area contributed by atoms with Gasteiger partial charge in [-0.25, -0.2) is 0 Å². The first kappa shape index (κ1) is 16.1. The molecule has 0 fully saturated rings. The van der Waals surface area contributed by atoms with E-state index in [2.05, 4.69) is 17.4 Å². The molecule has 4 heteroatoms. The van der Waals surface area contributed by atoms with E-state index in [1.807, 2.05) is 66.7 Å². The minimum Gasteiger partial charge on any atom is -0.398 e. The Kier molecular flexibility index (Phi) is 5.18. The molecule has 0 aromatic heterocycles. The van der Waals surface area contributed by atoms with Crippen LogP contribution in [0.3, 0.4) is 0 Å². The van der Waals surface area contributed by atoms with E-state index in [4.69, 9.17) is 5.73 Å². The van der Waals surface area contributed by atoms with Gasteiger partial charge in [-0.3, -0.25) is 4.79 Å². The van der Waals surface area contributed by atoms with Crippen molar-refractivity contribution in [3.63, 3.8) is 0 Å². The molecule has 1 amide bonds. The molecule has 3 aromatic rings. The molecule has 0 saturated carbocycles. The molecule has 0 atom stereocenters. The van der Waals surface area contributed by atoms with Crippen molar-refractivity contribution in [2.24, 2.45) is 0 Å². The van der Waals surface area contributed by atoms with Crippen LogP contribution in [-0.2, 0) is 4.79 Å². The zero-order chi connectivity index (χ0) is 16.8. The average molecular weight is 334 g/mol. The molecule has 3 aromatic carbocycles. The molecule has 0 aliphatic carbocycles. The number of carbonyl (C=O) groups excluding carboxylic acids is 1. The fourth-order valence-corrected chi connectivity index (χ4v) is 3.10. The van der Waals surface area contributed by atoms with Crippen molar-refractivity contribution in [2.45, 2.75) is 4.90 Å². The summed E-state index contributed by atoms with van der Waals surface area (Å²) in [4.78, 5) is 12.9. The maximum absolute atomic E-state index is 12.0. The van der Waals surface area contributed by atoms with Crippen LogP contribution >= 0.6 is 11.8 Å². The van der Waals surface area contributed by atoms with Gasteiger partial charge in [0.05, 0.1) is 5.75 Å². The Labute approximate surface area is 145 Å². The molecule has 0 aliphatic rings. The Hall–Kier alpha value is -2.72. The minimum atomic E-state index is -0.0438. The van der Waals surface area contributed by atoms with Gasteiger partial charge in [0.25, 0.3) is 0 Å². The third-order valence-electron chi connectivity index (χ3n) is 3.53. The molecule has 0 radical (unpaired) electrons. The van der Waals surface area contributed by atoms with Crippen LogP contribution in [0, 0.1) is 0 Å². The second-order valence-electron chi connectivity index (χ2n) is 5.32. The summed E-state index contributed by atoms with van der Waals surface area (Å²) in [7, 11) is 0. The van der Waals surface area contributed by atoms with Gasteiger partial charge < -0.3 is 11.1 Å². The first-order valence-corrected chi connectivity index (χ1v) is 8.63. The average Bonchev–Trinajstić information content (AvgIpc) is 2.62. The number of carbonyl (C=O) groups is 1. The highest BCUT2D eigenvalue weighted by Crippen LogP contribution is 2.30. The zero-order valence-electron chi connectivity index (χ0n) is 13.1. The number of thioether (sulfide) groups is 1. The van der Waals surface area contributed by atoms with Crippen LogP contribution in [0.15, 0.2) is 83.8 Å². The van der Waals surface area contributed by atoms with Gasteiger partial charge in [-0.05, 0) is 35.4 Å². The van der Waals surface area contributed by atoms with Crippen molar-refractivity contribution < 1.29 is 4.79 Å². The highest BCUT2D eigenvalue weighted by molar-refractivity contribution is 8.00. The Morgan fingerprint density at radius 1 is 0.875 bits per heavy atom. The van der Waals surface area contributed by atoms with Crippen molar-refractivity contribution in [1.29, 1.82) is 0 Å². The maximum Gasteiger partial charge on any atom is 0.234 e. The molecule has 3 N–H and O–H groups in total. The standard InChI is InChI=1S/C20H18N2OS/c21-18-13-16(15-7-3-1-4-8-15)11-12-19(18)24-14-20(23)22-17-9-5-2-6-10-17/h1-13H,14,21H2,(H,22,23). The first-order valence-electron chi connectivity index (χ1n) is 7.65. The number of anilines is 2. The second-order valence-corrected chi connectivity index (χ2v) is 6.34. The molecular weight excluding hydrogens is 316 g/mol. The van der Waals surface area contributed by atoms with E-state index < -0.39 is 0 Å². The summed E-state index contributed by atoms with van der Waals surface area (Å²) in [6.07, 6.45) is 0. The summed E-state index contributed by atoms with van der Waals surface area (Å²) < 4.78 is 0. The summed E-state index contributed by atoms with van der Waals surface area (Å²) in [5, 5.41) is 2.87.